The molecule has 0 fully saturated rings. The van der Waals surface area contributed by atoms with Crippen molar-refractivity contribution in [3.05, 3.63) is 90.8 Å². The van der Waals surface area contributed by atoms with Gasteiger partial charge in [-0.3, -0.25) is 0 Å². The summed E-state index contributed by atoms with van der Waals surface area (Å²) in [7, 11) is 7.76. The summed E-state index contributed by atoms with van der Waals surface area (Å²) >= 11 is 0. The molecule has 0 bridgehead atoms. The molecule has 2 heterocycles. The number of anilines is 4. The van der Waals surface area contributed by atoms with Crippen LogP contribution in [0.5, 0.6) is 11.5 Å². The molecule has 0 unspecified atom stereocenters. The van der Waals surface area contributed by atoms with Crippen molar-refractivity contribution in [2.75, 3.05) is 57.3 Å². The number of ether oxygens (including phenoxy) is 2. The molecule has 0 atom stereocenters. The maximum Gasteiger partial charge on any atom is 0.229 e. The molecular formula is C31H35N7O2. The fourth-order valence-corrected chi connectivity index (χ4v) is 4.52. The normalized spacial score (nSPS) is 11.1. The lowest BCUT2D eigenvalue weighted by Gasteiger charge is -2.24. The highest BCUT2D eigenvalue weighted by Crippen LogP contribution is 2.36. The summed E-state index contributed by atoms with van der Waals surface area (Å²) in [5.74, 6) is 2.63. The van der Waals surface area contributed by atoms with Gasteiger partial charge in [0.25, 0.3) is 0 Å². The van der Waals surface area contributed by atoms with Gasteiger partial charge in [0, 0.05) is 44.0 Å². The third-order valence-corrected chi connectivity index (χ3v) is 6.71. The van der Waals surface area contributed by atoms with Crippen molar-refractivity contribution in [1.82, 2.24) is 19.4 Å². The Morgan fingerprint density at radius 1 is 0.925 bits per heavy atom. The highest BCUT2D eigenvalue weighted by Gasteiger charge is 2.15. The van der Waals surface area contributed by atoms with E-state index in [0.29, 0.717) is 29.7 Å². The van der Waals surface area contributed by atoms with Gasteiger partial charge in [-0.05, 0) is 50.0 Å². The van der Waals surface area contributed by atoms with Crippen LogP contribution in [0.1, 0.15) is 5.56 Å². The van der Waals surface area contributed by atoms with E-state index in [2.05, 4.69) is 38.3 Å². The lowest BCUT2D eigenvalue weighted by atomic mass is 10.2. The number of hydrogen-bond donors (Lipinski definition) is 2. The lowest BCUT2D eigenvalue weighted by molar-refractivity contribution is 0.310. The number of hydrogen-bond acceptors (Lipinski definition) is 8. The highest BCUT2D eigenvalue weighted by atomic mass is 16.5. The summed E-state index contributed by atoms with van der Waals surface area (Å²) in [6.07, 6.45) is 3.72. The molecule has 0 saturated carbocycles. The Hall–Kier alpha value is -4.76. The molecule has 0 aliphatic heterocycles. The Bertz CT molecular complexity index is 1580. The first-order valence-corrected chi connectivity index (χ1v) is 13.1. The van der Waals surface area contributed by atoms with E-state index in [1.807, 2.05) is 86.5 Å². The Morgan fingerprint density at radius 3 is 2.52 bits per heavy atom. The van der Waals surface area contributed by atoms with Gasteiger partial charge in [0.1, 0.15) is 23.9 Å². The standard InChI is InChI=1S/C31H35N7O2/c1-36(2)17-18-37(3)27-20-29(39-4)25(19-24(27)32)34-31-33-15-13-30(35-31)38-16-14-23-26(38)11-8-12-28(23)40-21-22-9-6-5-7-10-22/h5-16,19-20H,17-18,21,32H2,1-4H3,(H,33,34,35). The zero-order chi connectivity index (χ0) is 28.1. The fourth-order valence-electron chi connectivity index (χ4n) is 4.52. The second kappa shape index (κ2) is 12.0. The molecule has 3 N–H and O–H groups in total. The fraction of sp³-hybridized carbons (Fsp3) is 0.226. The molecular weight excluding hydrogens is 502 g/mol. The summed E-state index contributed by atoms with van der Waals surface area (Å²) in [4.78, 5) is 13.5. The van der Waals surface area contributed by atoms with Crippen LogP contribution in [-0.2, 0) is 6.61 Å². The summed E-state index contributed by atoms with van der Waals surface area (Å²) in [6, 6.07) is 23.9. The molecule has 5 rings (SSSR count). The zero-order valence-corrected chi connectivity index (χ0v) is 23.3. The molecule has 0 aliphatic rings. The largest absolute Gasteiger partial charge is 0.494 e. The van der Waals surface area contributed by atoms with E-state index in [1.54, 1.807) is 13.3 Å². The monoisotopic (exact) mass is 537 g/mol. The second-order valence-corrected chi connectivity index (χ2v) is 9.85. The van der Waals surface area contributed by atoms with Crippen LogP contribution in [0.15, 0.2) is 85.2 Å². The molecule has 0 aliphatic carbocycles. The number of rotatable bonds is 11. The van der Waals surface area contributed by atoms with Gasteiger partial charge in [-0.1, -0.05) is 36.4 Å². The SMILES string of the molecule is COc1cc(N(C)CCN(C)C)c(N)cc1Nc1nccc(-n2ccc3c(OCc4ccccc4)cccc32)n1. The maximum absolute atomic E-state index is 6.44. The van der Waals surface area contributed by atoms with Gasteiger partial charge in [-0.15, -0.1) is 0 Å². The van der Waals surface area contributed by atoms with Crippen molar-refractivity contribution >= 4 is 33.9 Å². The molecule has 0 amide bonds. The van der Waals surface area contributed by atoms with Crippen LogP contribution in [0, 0.1) is 0 Å². The molecule has 5 aromatic rings. The van der Waals surface area contributed by atoms with Gasteiger partial charge in [0.2, 0.25) is 5.95 Å². The topological polar surface area (TPSA) is 93.7 Å². The molecule has 3 aromatic carbocycles. The summed E-state index contributed by atoms with van der Waals surface area (Å²) < 4.78 is 13.9. The third-order valence-electron chi connectivity index (χ3n) is 6.71. The number of methoxy groups -OCH3 is 1. The van der Waals surface area contributed by atoms with Crippen molar-refractivity contribution in [3.63, 3.8) is 0 Å². The first-order chi connectivity index (χ1) is 19.4. The number of benzene rings is 3. The van der Waals surface area contributed by atoms with E-state index in [0.717, 1.165) is 46.8 Å². The average Bonchev–Trinajstić information content (AvgIpc) is 3.40. The van der Waals surface area contributed by atoms with Crippen molar-refractivity contribution < 1.29 is 9.47 Å². The van der Waals surface area contributed by atoms with E-state index in [4.69, 9.17) is 20.2 Å². The van der Waals surface area contributed by atoms with Crippen molar-refractivity contribution in [3.8, 4) is 17.3 Å². The molecule has 9 heteroatoms. The predicted molar refractivity (Wildman–Crippen MR) is 162 cm³/mol. The van der Waals surface area contributed by atoms with E-state index in [-0.39, 0.29) is 0 Å². The molecule has 206 valence electrons. The maximum atomic E-state index is 6.44. The van der Waals surface area contributed by atoms with E-state index in [9.17, 15) is 0 Å². The number of nitrogens with two attached hydrogens (primary N) is 1. The minimum Gasteiger partial charge on any atom is -0.494 e. The molecule has 40 heavy (non-hydrogen) atoms. The Labute approximate surface area is 234 Å². The van der Waals surface area contributed by atoms with E-state index in [1.165, 1.54) is 0 Å². The summed E-state index contributed by atoms with van der Waals surface area (Å²) in [6.45, 7) is 2.25. The van der Waals surface area contributed by atoms with Crippen LogP contribution >= 0.6 is 0 Å². The van der Waals surface area contributed by atoms with Crippen LogP contribution in [0.4, 0.5) is 23.0 Å². The molecule has 0 saturated heterocycles. The first kappa shape index (κ1) is 26.8. The number of nitrogen functional groups attached to an aromatic ring is 1. The quantitative estimate of drug-likeness (QED) is 0.218. The Kier molecular flexibility index (Phi) is 8.02. The molecule has 0 radical (unpaired) electrons. The molecule has 0 spiro atoms. The number of fused-ring (bicyclic) bond motifs is 1. The van der Waals surface area contributed by atoms with Crippen LogP contribution < -0.4 is 25.4 Å². The zero-order valence-electron chi connectivity index (χ0n) is 23.3. The predicted octanol–water partition coefficient (Wildman–Crippen LogP) is 5.33. The van der Waals surface area contributed by atoms with Gasteiger partial charge in [-0.25, -0.2) is 4.98 Å². The Morgan fingerprint density at radius 2 is 1.75 bits per heavy atom. The number of nitrogens with one attached hydrogen (secondary N) is 1. The van der Waals surface area contributed by atoms with Gasteiger partial charge in [-0.2, -0.15) is 4.98 Å². The van der Waals surface area contributed by atoms with Gasteiger partial charge >= 0.3 is 0 Å². The third kappa shape index (κ3) is 5.94. The summed E-state index contributed by atoms with van der Waals surface area (Å²) in [5.41, 5.74) is 10.8. The van der Waals surface area contributed by atoms with Gasteiger partial charge in [0.05, 0.1) is 29.7 Å². The van der Waals surface area contributed by atoms with Crippen molar-refractivity contribution in [2.45, 2.75) is 6.61 Å². The lowest BCUT2D eigenvalue weighted by Crippen LogP contribution is -2.29. The minimum absolute atomic E-state index is 0.433. The van der Waals surface area contributed by atoms with Crippen molar-refractivity contribution in [1.29, 1.82) is 0 Å². The molecule has 2 aromatic heterocycles. The van der Waals surface area contributed by atoms with E-state index < -0.39 is 0 Å². The van der Waals surface area contributed by atoms with Crippen LogP contribution in [0.25, 0.3) is 16.7 Å². The van der Waals surface area contributed by atoms with Crippen LogP contribution in [0.3, 0.4) is 0 Å². The van der Waals surface area contributed by atoms with Crippen LogP contribution in [0.2, 0.25) is 0 Å². The number of nitrogens with zero attached hydrogens (tertiary/aromatic N) is 5. The van der Waals surface area contributed by atoms with Crippen LogP contribution in [-0.4, -0.2) is 60.8 Å². The smallest absolute Gasteiger partial charge is 0.229 e. The highest BCUT2D eigenvalue weighted by molar-refractivity contribution is 5.87. The Balaban J connectivity index is 1.38. The van der Waals surface area contributed by atoms with E-state index >= 15 is 0 Å². The number of aromatic nitrogens is 3. The molecule has 9 nitrogen and oxygen atoms in total. The second-order valence-electron chi connectivity index (χ2n) is 9.85. The van der Waals surface area contributed by atoms with Gasteiger partial charge < -0.3 is 34.9 Å². The average molecular weight is 538 g/mol. The summed E-state index contributed by atoms with van der Waals surface area (Å²) in [5, 5.41) is 4.30. The first-order valence-electron chi connectivity index (χ1n) is 13.1. The van der Waals surface area contributed by atoms with Gasteiger partial charge in [0.15, 0.2) is 0 Å². The van der Waals surface area contributed by atoms with Crippen molar-refractivity contribution in [2.24, 2.45) is 0 Å². The number of likely N-dealkylation sites (N-methyl/N-ethyl adjacent to an activating group) is 2. The minimum atomic E-state index is 0.433.